The number of amides is 1. The van der Waals surface area contributed by atoms with Gasteiger partial charge in [0.1, 0.15) is 5.82 Å². The standard InChI is InChI=1S/C18H21FN2O/c1-3-14-7-6-8-15(11-14)21-18(22)12-20-13(2)16-9-4-5-10-17(16)19/h4-11,13,20H,3,12H2,1-2H3,(H,21,22). The first-order chi connectivity index (χ1) is 10.6. The minimum atomic E-state index is -0.265. The second kappa shape index (κ2) is 7.71. The summed E-state index contributed by atoms with van der Waals surface area (Å²) in [5.74, 6) is -0.407. The lowest BCUT2D eigenvalue weighted by atomic mass is 10.1. The molecule has 3 nitrogen and oxygen atoms in total. The summed E-state index contributed by atoms with van der Waals surface area (Å²) in [6.45, 7) is 4.04. The van der Waals surface area contributed by atoms with Crippen LogP contribution in [0.15, 0.2) is 48.5 Å². The molecule has 0 spiro atoms. The summed E-state index contributed by atoms with van der Waals surface area (Å²) >= 11 is 0. The van der Waals surface area contributed by atoms with Crippen molar-refractivity contribution in [2.75, 3.05) is 11.9 Å². The molecule has 0 saturated carbocycles. The van der Waals surface area contributed by atoms with Gasteiger partial charge in [-0.05, 0) is 37.1 Å². The van der Waals surface area contributed by atoms with E-state index >= 15 is 0 Å². The maximum Gasteiger partial charge on any atom is 0.238 e. The van der Waals surface area contributed by atoms with E-state index in [-0.39, 0.29) is 24.3 Å². The van der Waals surface area contributed by atoms with Gasteiger partial charge in [-0.3, -0.25) is 4.79 Å². The number of carbonyl (C=O) groups is 1. The normalized spacial score (nSPS) is 12.0. The van der Waals surface area contributed by atoms with E-state index in [0.29, 0.717) is 5.56 Å². The molecule has 22 heavy (non-hydrogen) atoms. The Balaban J connectivity index is 1.88. The van der Waals surface area contributed by atoms with Gasteiger partial charge in [0.05, 0.1) is 6.54 Å². The van der Waals surface area contributed by atoms with Gasteiger partial charge in [0, 0.05) is 17.3 Å². The summed E-state index contributed by atoms with van der Waals surface area (Å²) in [6, 6.07) is 14.1. The van der Waals surface area contributed by atoms with Gasteiger partial charge in [0.15, 0.2) is 0 Å². The predicted molar refractivity (Wildman–Crippen MR) is 87.3 cm³/mol. The van der Waals surface area contributed by atoms with Crippen molar-refractivity contribution >= 4 is 11.6 Å². The fourth-order valence-corrected chi connectivity index (χ4v) is 2.26. The van der Waals surface area contributed by atoms with Crippen LogP contribution in [0, 0.1) is 5.82 Å². The van der Waals surface area contributed by atoms with Gasteiger partial charge < -0.3 is 10.6 Å². The van der Waals surface area contributed by atoms with Crippen LogP contribution in [-0.2, 0) is 11.2 Å². The number of nitrogens with one attached hydrogen (secondary N) is 2. The third kappa shape index (κ3) is 4.40. The van der Waals surface area contributed by atoms with Crippen molar-refractivity contribution in [2.45, 2.75) is 26.3 Å². The molecule has 2 aromatic rings. The van der Waals surface area contributed by atoms with E-state index in [2.05, 4.69) is 17.6 Å². The maximum atomic E-state index is 13.7. The zero-order valence-corrected chi connectivity index (χ0v) is 12.9. The highest BCUT2D eigenvalue weighted by molar-refractivity contribution is 5.92. The summed E-state index contributed by atoms with van der Waals surface area (Å²) in [7, 11) is 0. The topological polar surface area (TPSA) is 41.1 Å². The van der Waals surface area contributed by atoms with Crippen molar-refractivity contribution in [3.8, 4) is 0 Å². The molecule has 1 unspecified atom stereocenters. The molecule has 0 radical (unpaired) electrons. The molecule has 1 atom stereocenters. The van der Waals surface area contributed by atoms with Gasteiger partial charge in [0.25, 0.3) is 0 Å². The Bertz CT molecular complexity index is 642. The highest BCUT2D eigenvalue weighted by atomic mass is 19.1. The van der Waals surface area contributed by atoms with Crippen LogP contribution in [0.4, 0.5) is 10.1 Å². The van der Waals surface area contributed by atoms with Gasteiger partial charge in [-0.25, -0.2) is 4.39 Å². The summed E-state index contributed by atoms with van der Waals surface area (Å²) in [4.78, 5) is 12.0. The average Bonchev–Trinajstić information content (AvgIpc) is 2.53. The van der Waals surface area contributed by atoms with Crippen molar-refractivity contribution in [3.63, 3.8) is 0 Å². The smallest absolute Gasteiger partial charge is 0.238 e. The van der Waals surface area contributed by atoms with Crippen molar-refractivity contribution in [1.29, 1.82) is 0 Å². The largest absolute Gasteiger partial charge is 0.325 e. The first kappa shape index (κ1) is 16.2. The third-order valence-electron chi connectivity index (χ3n) is 3.56. The zero-order valence-electron chi connectivity index (χ0n) is 12.9. The van der Waals surface area contributed by atoms with E-state index in [1.54, 1.807) is 18.2 Å². The maximum absolute atomic E-state index is 13.7. The molecule has 1 amide bonds. The monoisotopic (exact) mass is 300 g/mol. The molecular formula is C18H21FN2O. The van der Waals surface area contributed by atoms with Gasteiger partial charge in [0.2, 0.25) is 5.91 Å². The van der Waals surface area contributed by atoms with E-state index in [0.717, 1.165) is 12.1 Å². The zero-order chi connectivity index (χ0) is 15.9. The number of rotatable bonds is 6. The molecule has 0 fully saturated rings. The lowest BCUT2D eigenvalue weighted by Gasteiger charge is -2.15. The average molecular weight is 300 g/mol. The van der Waals surface area contributed by atoms with E-state index in [9.17, 15) is 9.18 Å². The number of hydrogen-bond donors (Lipinski definition) is 2. The molecule has 116 valence electrons. The molecule has 0 heterocycles. The quantitative estimate of drug-likeness (QED) is 0.854. The van der Waals surface area contributed by atoms with Crippen molar-refractivity contribution in [1.82, 2.24) is 5.32 Å². The van der Waals surface area contributed by atoms with E-state index in [1.807, 2.05) is 31.2 Å². The Kier molecular flexibility index (Phi) is 5.67. The molecule has 0 saturated heterocycles. The van der Waals surface area contributed by atoms with Gasteiger partial charge in [-0.2, -0.15) is 0 Å². The van der Waals surface area contributed by atoms with Gasteiger partial charge in [-0.1, -0.05) is 37.3 Å². The molecule has 2 aromatic carbocycles. The molecule has 0 aliphatic heterocycles. The van der Waals surface area contributed by atoms with E-state index in [4.69, 9.17) is 0 Å². The fraction of sp³-hybridized carbons (Fsp3) is 0.278. The third-order valence-corrected chi connectivity index (χ3v) is 3.56. The summed E-state index contributed by atoms with van der Waals surface area (Å²) < 4.78 is 13.7. The Morgan fingerprint density at radius 1 is 1.18 bits per heavy atom. The van der Waals surface area contributed by atoms with Crippen molar-refractivity contribution in [3.05, 3.63) is 65.5 Å². The Morgan fingerprint density at radius 3 is 2.68 bits per heavy atom. The van der Waals surface area contributed by atoms with Gasteiger partial charge >= 0.3 is 0 Å². The Labute approximate surface area is 130 Å². The molecule has 2 N–H and O–H groups in total. The van der Waals surface area contributed by atoms with Crippen LogP contribution >= 0.6 is 0 Å². The van der Waals surface area contributed by atoms with Crippen LogP contribution in [0.25, 0.3) is 0 Å². The summed E-state index contributed by atoms with van der Waals surface area (Å²) in [6.07, 6.45) is 0.923. The fourth-order valence-electron chi connectivity index (χ4n) is 2.26. The van der Waals surface area contributed by atoms with Gasteiger partial charge in [-0.15, -0.1) is 0 Å². The second-order valence-electron chi connectivity index (χ2n) is 5.23. The van der Waals surface area contributed by atoms with Crippen molar-refractivity contribution in [2.24, 2.45) is 0 Å². The first-order valence-corrected chi connectivity index (χ1v) is 7.46. The lowest BCUT2D eigenvalue weighted by molar-refractivity contribution is -0.115. The lowest BCUT2D eigenvalue weighted by Crippen LogP contribution is -2.30. The Morgan fingerprint density at radius 2 is 1.95 bits per heavy atom. The van der Waals surface area contributed by atoms with E-state index in [1.165, 1.54) is 11.6 Å². The molecule has 0 aromatic heterocycles. The molecule has 2 rings (SSSR count). The minimum absolute atomic E-state index is 0.131. The van der Waals surface area contributed by atoms with Crippen LogP contribution in [0.3, 0.4) is 0 Å². The highest BCUT2D eigenvalue weighted by Gasteiger charge is 2.11. The molecule has 0 aliphatic rings. The van der Waals surface area contributed by atoms with Crippen LogP contribution in [0.5, 0.6) is 0 Å². The number of aryl methyl sites for hydroxylation is 1. The molecule has 0 aliphatic carbocycles. The SMILES string of the molecule is CCc1cccc(NC(=O)CNC(C)c2ccccc2F)c1. The minimum Gasteiger partial charge on any atom is -0.325 e. The molecule has 4 heteroatoms. The highest BCUT2D eigenvalue weighted by Crippen LogP contribution is 2.16. The molecular weight excluding hydrogens is 279 g/mol. The van der Waals surface area contributed by atoms with Crippen molar-refractivity contribution < 1.29 is 9.18 Å². The Hall–Kier alpha value is -2.20. The number of halogens is 1. The summed E-state index contributed by atoms with van der Waals surface area (Å²) in [5.41, 5.74) is 2.51. The first-order valence-electron chi connectivity index (χ1n) is 7.46. The predicted octanol–water partition coefficient (Wildman–Crippen LogP) is 3.68. The number of benzene rings is 2. The van der Waals surface area contributed by atoms with Crippen LogP contribution in [-0.4, -0.2) is 12.5 Å². The van der Waals surface area contributed by atoms with Crippen LogP contribution in [0.2, 0.25) is 0 Å². The summed E-state index contributed by atoms with van der Waals surface area (Å²) in [5, 5.41) is 5.88. The second-order valence-corrected chi connectivity index (χ2v) is 5.23. The number of anilines is 1. The van der Waals surface area contributed by atoms with Crippen LogP contribution < -0.4 is 10.6 Å². The number of carbonyl (C=O) groups excluding carboxylic acids is 1. The number of hydrogen-bond acceptors (Lipinski definition) is 2. The van der Waals surface area contributed by atoms with E-state index < -0.39 is 0 Å². The van der Waals surface area contributed by atoms with Crippen LogP contribution in [0.1, 0.15) is 31.0 Å². The molecule has 0 bridgehead atoms.